The summed E-state index contributed by atoms with van der Waals surface area (Å²) in [4.78, 5) is 34.0. The first-order valence-electron chi connectivity index (χ1n) is 3.00. The number of nitrogen functional groups attached to an aromatic ring is 1. The molecule has 0 bridgehead atoms. The van der Waals surface area contributed by atoms with Crippen LogP contribution in [-0.4, -0.2) is 9.55 Å². The Labute approximate surface area is 65.8 Å². The predicted octanol–water partition coefficient (Wildman–Crippen LogP) is -0.946. The highest BCUT2D eigenvalue weighted by Crippen LogP contribution is 2.08. The molecule has 1 heterocycles. The third-order valence-corrected chi connectivity index (χ3v) is 1.40. The molecule has 0 aliphatic carbocycles. The highest BCUT2D eigenvalue weighted by Gasteiger charge is 2.08. The molecule has 3 N–H and O–H groups in total. The zero-order valence-corrected chi connectivity index (χ0v) is 6.20. The lowest BCUT2D eigenvalue weighted by molar-refractivity contribution is 0.780. The predicted molar refractivity (Wildman–Crippen MR) is 42.2 cm³/mol. The minimum Gasteiger partial charge on any atom is -0.383 e. The van der Waals surface area contributed by atoms with Gasteiger partial charge in [-0.2, -0.15) is 0 Å². The van der Waals surface area contributed by atoms with Gasteiger partial charge in [0.1, 0.15) is 5.82 Å². The monoisotopic (exact) mass is 170 g/mol. The van der Waals surface area contributed by atoms with Gasteiger partial charge >= 0.3 is 5.69 Å². The lowest BCUT2D eigenvalue weighted by Crippen LogP contribution is -2.33. The van der Waals surface area contributed by atoms with E-state index in [9.17, 15) is 14.5 Å². The van der Waals surface area contributed by atoms with Gasteiger partial charge in [0.15, 0.2) is 0 Å². The Balaban J connectivity index is 3.75. The van der Waals surface area contributed by atoms with Crippen molar-refractivity contribution in [2.75, 3.05) is 5.73 Å². The molecule has 12 heavy (non-hydrogen) atoms. The number of nitrogens with two attached hydrogens (primary N) is 1. The number of nitrogens with zero attached hydrogens (tertiary/aromatic N) is 2. The number of aromatic nitrogens is 2. The third kappa shape index (κ3) is 1.00. The topological polar surface area (TPSA) is 110 Å². The van der Waals surface area contributed by atoms with Gasteiger partial charge in [0.05, 0.1) is 0 Å². The van der Waals surface area contributed by atoms with Crippen LogP contribution in [0.15, 0.2) is 14.8 Å². The second kappa shape index (κ2) is 2.61. The van der Waals surface area contributed by atoms with Gasteiger partial charge in [0.2, 0.25) is 5.69 Å². The van der Waals surface area contributed by atoms with Crippen molar-refractivity contribution in [2.45, 2.75) is 0 Å². The highest BCUT2D eigenvalue weighted by atomic mass is 16.3. The van der Waals surface area contributed by atoms with Crippen molar-refractivity contribution in [3.63, 3.8) is 0 Å². The molecule has 0 spiro atoms. The summed E-state index contributed by atoms with van der Waals surface area (Å²) >= 11 is 0. The van der Waals surface area contributed by atoms with E-state index in [-0.39, 0.29) is 5.82 Å². The molecular weight excluding hydrogens is 164 g/mol. The molecule has 0 aromatic carbocycles. The van der Waals surface area contributed by atoms with Crippen molar-refractivity contribution in [2.24, 2.45) is 12.2 Å². The maximum atomic E-state index is 11.0. The average molecular weight is 170 g/mol. The Morgan fingerprint density at radius 3 is 2.58 bits per heavy atom. The molecule has 0 aliphatic heterocycles. The lowest BCUT2D eigenvalue weighted by atomic mass is 10.5. The Kier molecular flexibility index (Phi) is 1.78. The average Bonchev–Trinajstić information content (AvgIpc) is 2.01. The van der Waals surface area contributed by atoms with Crippen LogP contribution in [0, 0.1) is 4.91 Å². The number of nitrogens with one attached hydrogen (secondary N) is 1. The smallest absolute Gasteiger partial charge is 0.329 e. The highest BCUT2D eigenvalue weighted by molar-refractivity contribution is 5.54. The summed E-state index contributed by atoms with van der Waals surface area (Å²) in [6, 6.07) is 0. The molecule has 64 valence electrons. The minimum atomic E-state index is -0.800. The molecule has 7 heteroatoms. The van der Waals surface area contributed by atoms with Gasteiger partial charge in [0, 0.05) is 7.05 Å². The first-order valence-corrected chi connectivity index (χ1v) is 3.00. The van der Waals surface area contributed by atoms with Crippen LogP contribution < -0.4 is 17.0 Å². The van der Waals surface area contributed by atoms with Gasteiger partial charge in [-0.15, -0.1) is 4.91 Å². The quantitative estimate of drug-likeness (QED) is 0.529. The Morgan fingerprint density at radius 1 is 1.50 bits per heavy atom. The van der Waals surface area contributed by atoms with Crippen LogP contribution in [0.25, 0.3) is 0 Å². The number of anilines is 1. The maximum absolute atomic E-state index is 11.0. The molecule has 0 atom stereocenters. The number of rotatable bonds is 1. The number of aromatic amines is 1. The van der Waals surface area contributed by atoms with Crippen LogP contribution in [0.4, 0.5) is 11.5 Å². The largest absolute Gasteiger partial charge is 0.383 e. The van der Waals surface area contributed by atoms with Crippen LogP contribution in [0.5, 0.6) is 0 Å². The SMILES string of the molecule is Cn1c(=O)[nH]c(N)c(N=O)c1=O. The third-order valence-electron chi connectivity index (χ3n) is 1.40. The van der Waals surface area contributed by atoms with Gasteiger partial charge in [0.25, 0.3) is 5.56 Å². The van der Waals surface area contributed by atoms with Crippen LogP contribution >= 0.6 is 0 Å². The fraction of sp³-hybridized carbons (Fsp3) is 0.200. The zero-order chi connectivity index (χ0) is 9.30. The first-order chi connectivity index (χ1) is 5.57. The molecule has 7 nitrogen and oxygen atoms in total. The summed E-state index contributed by atoms with van der Waals surface area (Å²) in [6.07, 6.45) is 0. The van der Waals surface area contributed by atoms with Crippen LogP contribution in [-0.2, 0) is 7.05 Å². The first kappa shape index (κ1) is 8.18. The van der Waals surface area contributed by atoms with Gasteiger partial charge in [-0.3, -0.25) is 14.3 Å². The van der Waals surface area contributed by atoms with Crippen molar-refractivity contribution >= 4 is 11.5 Å². The Morgan fingerprint density at radius 2 is 2.08 bits per heavy atom. The molecule has 1 aromatic rings. The van der Waals surface area contributed by atoms with Crippen molar-refractivity contribution in [3.8, 4) is 0 Å². The molecule has 0 fully saturated rings. The molecule has 0 unspecified atom stereocenters. The van der Waals surface area contributed by atoms with Crippen molar-refractivity contribution < 1.29 is 0 Å². The van der Waals surface area contributed by atoms with Gasteiger partial charge in [-0.05, 0) is 5.18 Å². The Hall–Kier alpha value is -1.92. The molecule has 0 saturated heterocycles. The summed E-state index contributed by atoms with van der Waals surface area (Å²) in [5.41, 5.74) is 3.19. The van der Waals surface area contributed by atoms with Crippen molar-refractivity contribution in [1.82, 2.24) is 9.55 Å². The second-order valence-electron chi connectivity index (χ2n) is 2.15. The van der Waals surface area contributed by atoms with E-state index in [1.54, 1.807) is 0 Å². The summed E-state index contributed by atoms with van der Waals surface area (Å²) in [5.74, 6) is -0.307. The van der Waals surface area contributed by atoms with E-state index in [1.807, 2.05) is 0 Å². The van der Waals surface area contributed by atoms with Gasteiger partial charge in [-0.25, -0.2) is 4.79 Å². The van der Waals surface area contributed by atoms with Crippen LogP contribution in [0.3, 0.4) is 0 Å². The summed E-state index contributed by atoms with van der Waals surface area (Å²) < 4.78 is 0.715. The van der Waals surface area contributed by atoms with Crippen molar-refractivity contribution in [3.05, 3.63) is 25.7 Å². The van der Waals surface area contributed by atoms with Crippen LogP contribution in [0.1, 0.15) is 0 Å². The summed E-state index contributed by atoms with van der Waals surface area (Å²) in [7, 11) is 1.22. The fourth-order valence-corrected chi connectivity index (χ4v) is 0.713. The molecule has 0 aliphatic rings. The van der Waals surface area contributed by atoms with Crippen molar-refractivity contribution in [1.29, 1.82) is 0 Å². The summed E-state index contributed by atoms with van der Waals surface area (Å²) in [5, 5.41) is 2.39. The van der Waals surface area contributed by atoms with Crippen LogP contribution in [0.2, 0.25) is 0 Å². The molecular formula is C5H6N4O3. The number of hydrogen-bond acceptors (Lipinski definition) is 5. The molecule has 0 saturated carbocycles. The zero-order valence-electron chi connectivity index (χ0n) is 6.20. The summed E-state index contributed by atoms with van der Waals surface area (Å²) in [6.45, 7) is 0. The van der Waals surface area contributed by atoms with Gasteiger partial charge < -0.3 is 5.73 Å². The van der Waals surface area contributed by atoms with Gasteiger partial charge in [-0.1, -0.05) is 0 Å². The maximum Gasteiger partial charge on any atom is 0.329 e. The molecule has 0 amide bonds. The fourth-order valence-electron chi connectivity index (χ4n) is 0.713. The standard InChI is InChI=1S/C5H6N4O3/c1-9-4(10)2(8-12)3(6)7-5(9)11/h6H2,1H3,(H,7,11). The number of H-pyrrole nitrogens is 1. The molecule has 1 rings (SSSR count). The van der Waals surface area contributed by atoms with E-state index in [4.69, 9.17) is 5.73 Å². The van der Waals surface area contributed by atoms with E-state index >= 15 is 0 Å². The molecule has 0 radical (unpaired) electrons. The molecule has 1 aromatic heterocycles. The number of nitroso groups, excluding NO2 is 1. The second-order valence-corrected chi connectivity index (χ2v) is 2.15. The van der Waals surface area contributed by atoms with E-state index in [0.29, 0.717) is 4.57 Å². The van der Waals surface area contributed by atoms with E-state index in [0.717, 1.165) is 0 Å². The van der Waals surface area contributed by atoms with E-state index in [1.165, 1.54) is 7.05 Å². The Bertz CT molecular complexity index is 429. The lowest BCUT2D eigenvalue weighted by Gasteiger charge is -1.98. The normalized spacial score (nSPS) is 9.75. The minimum absolute atomic E-state index is 0.307. The van der Waals surface area contributed by atoms with E-state index < -0.39 is 16.9 Å². The number of hydrogen-bond donors (Lipinski definition) is 2. The van der Waals surface area contributed by atoms with E-state index in [2.05, 4.69) is 10.2 Å².